The van der Waals surface area contributed by atoms with Crippen molar-refractivity contribution in [1.29, 1.82) is 0 Å². The smallest absolute Gasteiger partial charge is 0.245 e. The lowest BCUT2D eigenvalue weighted by atomic mass is 10.2. The highest BCUT2D eigenvalue weighted by atomic mass is 127. The number of hydrogen-bond acceptors (Lipinski definition) is 3. The highest BCUT2D eigenvalue weighted by molar-refractivity contribution is 14.1. The van der Waals surface area contributed by atoms with Crippen LogP contribution in [0.25, 0.3) is 0 Å². The Hall–Kier alpha value is -1.32. The zero-order valence-corrected chi connectivity index (χ0v) is 16.8. The Morgan fingerprint density at radius 1 is 1.21 bits per heavy atom. The van der Waals surface area contributed by atoms with E-state index in [0.29, 0.717) is 22.0 Å². The first-order valence-electron chi connectivity index (χ1n) is 6.96. The predicted octanol–water partition coefficient (Wildman–Crippen LogP) is 3.66. The van der Waals surface area contributed by atoms with Crippen molar-refractivity contribution < 1.29 is 13.2 Å². The van der Waals surface area contributed by atoms with Crippen molar-refractivity contribution in [3.63, 3.8) is 0 Å². The van der Waals surface area contributed by atoms with Crippen LogP contribution in [0.15, 0.2) is 42.5 Å². The predicted molar refractivity (Wildman–Crippen MR) is 106 cm³/mol. The third-order valence-electron chi connectivity index (χ3n) is 3.26. The first-order chi connectivity index (χ1) is 11.2. The van der Waals surface area contributed by atoms with Crippen molar-refractivity contribution in [3.8, 4) is 0 Å². The van der Waals surface area contributed by atoms with E-state index < -0.39 is 15.9 Å². The normalized spacial score (nSPS) is 11.2. The Kier molecular flexibility index (Phi) is 6.11. The molecule has 0 radical (unpaired) electrons. The Bertz CT molecular complexity index is 854. The average Bonchev–Trinajstić information content (AvgIpc) is 2.49. The summed E-state index contributed by atoms with van der Waals surface area (Å²) < 4.78 is 26.4. The Labute approximate surface area is 160 Å². The third-order valence-corrected chi connectivity index (χ3v) is 5.34. The monoisotopic (exact) mass is 478 g/mol. The number of halogens is 2. The summed E-state index contributed by atoms with van der Waals surface area (Å²) in [6.07, 6.45) is 1.06. The SMILES string of the molecule is Cc1ccc(Cl)cc1N(CC(=O)Nc1ccc(I)cc1)S(C)(=O)=O. The fourth-order valence-corrected chi connectivity index (χ4v) is 3.53. The second-order valence-corrected chi connectivity index (χ2v) is 8.84. The molecule has 24 heavy (non-hydrogen) atoms. The number of sulfonamides is 1. The van der Waals surface area contributed by atoms with Crippen molar-refractivity contribution in [1.82, 2.24) is 0 Å². The van der Waals surface area contributed by atoms with Gasteiger partial charge in [-0.15, -0.1) is 0 Å². The maximum absolute atomic E-state index is 12.3. The van der Waals surface area contributed by atoms with Crippen LogP contribution >= 0.6 is 34.2 Å². The first kappa shape index (κ1) is 19.0. The molecular formula is C16H16ClIN2O3S. The van der Waals surface area contributed by atoms with Gasteiger partial charge < -0.3 is 5.32 Å². The molecule has 2 aromatic carbocycles. The topological polar surface area (TPSA) is 66.5 Å². The Morgan fingerprint density at radius 2 is 1.83 bits per heavy atom. The van der Waals surface area contributed by atoms with Gasteiger partial charge in [0.25, 0.3) is 0 Å². The summed E-state index contributed by atoms with van der Waals surface area (Å²) >= 11 is 8.13. The van der Waals surface area contributed by atoms with Crippen molar-refractivity contribution in [2.24, 2.45) is 0 Å². The molecule has 0 saturated heterocycles. The van der Waals surface area contributed by atoms with E-state index in [1.54, 1.807) is 31.2 Å². The number of benzene rings is 2. The molecule has 1 amide bonds. The molecule has 0 atom stereocenters. The number of rotatable bonds is 5. The van der Waals surface area contributed by atoms with E-state index in [-0.39, 0.29) is 6.54 Å². The fourth-order valence-electron chi connectivity index (χ4n) is 2.10. The molecule has 0 saturated carbocycles. The van der Waals surface area contributed by atoms with E-state index in [2.05, 4.69) is 27.9 Å². The van der Waals surface area contributed by atoms with Crippen molar-refractivity contribution in [3.05, 3.63) is 56.6 Å². The molecular weight excluding hydrogens is 463 g/mol. The summed E-state index contributed by atoms with van der Waals surface area (Å²) in [7, 11) is -3.64. The molecule has 5 nitrogen and oxygen atoms in total. The molecule has 0 fully saturated rings. The van der Waals surface area contributed by atoms with Gasteiger partial charge in [-0.1, -0.05) is 17.7 Å². The summed E-state index contributed by atoms with van der Waals surface area (Å²) in [6.45, 7) is 1.44. The molecule has 128 valence electrons. The summed E-state index contributed by atoms with van der Waals surface area (Å²) in [5.41, 5.74) is 1.71. The van der Waals surface area contributed by atoms with Gasteiger partial charge in [-0.2, -0.15) is 0 Å². The fraction of sp³-hybridized carbons (Fsp3) is 0.188. The number of nitrogens with zero attached hydrogens (tertiary/aromatic N) is 1. The minimum absolute atomic E-state index is 0.327. The van der Waals surface area contributed by atoms with Crippen LogP contribution in [-0.4, -0.2) is 27.1 Å². The molecule has 1 N–H and O–H groups in total. The van der Waals surface area contributed by atoms with Crippen molar-refractivity contribution in [2.45, 2.75) is 6.92 Å². The minimum atomic E-state index is -3.64. The first-order valence-corrected chi connectivity index (χ1v) is 10.3. The lowest BCUT2D eigenvalue weighted by Crippen LogP contribution is -2.37. The van der Waals surface area contributed by atoms with Crippen LogP contribution in [0.1, 0.15) is 5.56 Å². The summed E-state index contributed by atoms with van der Waals surface area (Å²) in [6, 6.07) is 12.1. The number of carbonyl (C=O) groups excluding carboxylic acids is 1. The maximum atomic E-state index is 12.3. The van der Waals surface area contributed by atoms with Gasteiger partial charge in [-0.3, -0.25) is 9.10 Å². The van der Waals surface area contributed by atoms with Gasteiger partial charge >= 0.3 is 0 Å². The zero-order valence-electron chi connectivity index (χ0n) is 13.1. The third kappa shape index (κ3) is 5.09. The van der Waals surface area contributed by atoms with Gasteiger partial charge in [0.15, 0.2) is 0 Å². The van der Waals surface area contributed by atoms with Crippen LogP contribution in [-0.2, 0) is 14.8 Å². The van der Waals surface area contributed by atoms with Crippen LogP contribution in [0.2, 0.25) is 5.02 Å². The molecule has 0 aromatic heterocycles. The van der Waals surface area contributed by atoms with E-state index in [9.17, 15) is 13.2 Å². The quantitative estimate of drug-likeness (QED) is 0.667. The Morgan fingerprint density at radius 3 is 2.42 bits per heavy atom. The number of nitrogens with one attached hydrogen (secondary N) is 1. The number of amides is 1. The van der Waals surface area contributed by atoms with Gasteiger partial charge in [-0.05, 0) is 71.5 Å². The molecule has 2 rings (SSSR count). The van der Waals surface area contributed by atoms with Gasteiger partial charge in [0.05, 0.1) is 11.9 Å². The van der Waals surface area contributed by atoms with Gasteiger partial charge in [0.2, 0.25) is 15.9 Å². The molecule has 0 aliphatic rings. The molecule has 0 spiro atoms. The van der Waals surface area contributed by atoms with Crippen molar-refractivity contribution >= 4 is 61.5 Å². The molecule has 0 unspecified atom stereocenters. The van der Waals surface area contributed by atoms with E-state index in [0.717, 1.165) is 14.1 Å². The standard InChI is InChI=1S/C16H16ClIN2O3S/c1-11-3-4-12(17)9-15(11)20(24(2,22)23)10-16(21)19-14-7-5-13(18)6-8-14/h3-9H,10H2,1-2H3,(H,19,21). The van der Waals surface area contributed by atoms with Crippen LogP contribution < -0.4 is 9.62 Å². The summed E-state index contributed by atoms with van der Waals surface area (Å²) in [4.78, 5) is 12.3. The molecule has 0 bridgehead atoms. The van der Waals surface area contributed by atoms with Crippen molar-refractivity contribution in [2.75, 3.05) is 22.4 Å². The van der Waals surface area contributed by atoms with Gasteiger partial charge in [-0.25, -0.2) is 8.42 Å². The number of aryl methyl sites for hydroxylation is 1. The largest absolute Gasteiger partial charge is 0.325 e. The minimum Gasteiger partial charge on any atom is -0.325 e. The second-order valence-electron chi connectivity index (χ2n) is 5.26. The second kappa shape index (κ2) is 7.71. The number of carbonyl (C=O) groups is 1. The van der Waals surface area contributed by atoms with Crippen LogP contribution in [0.3, 0.4) is 0 Å². The van der Waals surface area contributed by atoms with Crippen LogP contribution in [0.4, 0.5) is 11.4 Å². The van der Waals surface area contributed by atoms with Crippen LogP contribution in [0.5, 0.6) is 0 Å². The zero-order chi connectivity index (χ0) is 17.9. The molecule has 8 heteroatoms. The summed E-state index contributed by atoms with van der Waals surface area (Å²) in [5, 5.41) is 3.10. The number of anilines is 2. The van der Waals surface area contributed by atoms with E-state index in [1.165, 1.54) is 6.07 Å². The molecule has 0 aliphatic heterocycles. The lowest BCUT2D eigenvalue weighted by molar-refractivity contribution is -0.114. The highest BCUT2D eigenvalue weighted by Crippen LogP contribution is 2.26. The van der Waals surface area contributed by atoms with E-state index in [1.807, 2.05) is 12.1 Å². The highest BCUT2D eigenvalue weighted by Gasteiger charge is 2.22. The average molecular weight is 479 g/mol. The summed E-state index contributed by atoms with van der Waals surface area (Å²) in [5.74, 6) is -0.430. The Balaban J connectivity index is 2.25. The molecule has 0 aliphatic carbocycles. The van der Waals surface area contributed by atoms with E-state index in [4.69, 9.17) is 11.6 Å². The van der Waals surface area contributed by atoms with Gasteiger partial charge in [0.1, 0.15) is 6.54 Å². The van der Waals surface area contributed by atoms with E-state index >= 15 is 0 Å². The molecule has 0 heterocycles. The van der Waals surface area contributed by atoms with Crippen LogP contribution in [0, 0.1) is 10.5 Å². The van der Waals surface area contributed by atoms with Gasteiger partial charge in [0, 0.05) is 14.3 Å². The lowest BCUT2D eigenvalue weighted by Gasteiger charge is -2.23. The number of hydrogen-bond donors (Lipinski definition) is 1. The molecule has 2 aromatic rings. The maximum Gasteiger partial charge on any atom is 0.245 e.